The van der Waals surface area contributed by atoms with E-state index in [0.29, 0.717) is 0 Å². The summed E-state index contributed by atoms with van der Waals surface area (Å²) in [4.78, 5) is 0.869. The number of hydrogen-bond donors (Lipinski definition) is 1. The third-order valence-electron chi connectivity index (χ3n) is 3.68. The van der Waals surface area contributed by atoms with Crippen molar-refractivity contribution in [3.8, 4) is 0 Å². The molecule has 2 aromatic rings. The molecule has 2 aliphatic rings. The molecule has 1 N–H and O–H groups in total. The van der Waals surface area contributed by atoms with E-state index in [1.807, 2.05) is 4.52 Å². The van der Waals surface area contributed by atoms with Crippen molar-refractivity contribution in [2.45, 2.75) is 38.3 Å². The molecule has 1 saturated carbocycles. The summed E-state index contributed by atoms with van der Waals surface area (Å²) in [6.07, 6.45) is 4.94. The van der Waals surface area contributed by atoms with Gasteiger partial charge in [-0.25, -0.2) is 0 Å². The lowest BCUT2D eigenvalue weighted by Crippen LogP contribution is -2.16. The molecule has 0 aromatic carbocycles. The van der Waals surface area contributed by atoms with Gasteiger partial charge >= 0.3 is 0 Å². The highest BCUT2D eigenvalue weighted by Gasteiger charge is 2.25. The van der Waals surface area contributed by atoms with Crippen LogP contribution in [0.2, 0.25) is 0 Å². The second kappa shape index (κ2) is 4.81. The topological polar surface area (TPSA) is 64.3 Å². The first-order valence-electron chi connectivity index (χ1n) is 6.93. The van der Waals surface area contributed by atoms with Gasteiger partial charge in [0, 0.05) is 13.2 Å². The minimum Gasteiger partial charge on any atom is -0.370 e. The first kappa shape index (κ1) is 11.7. The molecular weight excluding hydrogens is 262 g/mol. The molecule has 6 nitrogen and oxygen atoms in total. The van der Waals surface area contributed by atoms with Crippen LogP contribution in [0.1, 0.15) is 42.6 Å². The predicted molar refractivity (Wildman–Crippen MR) is 71.0 cm³/mol. The van der Waals surface area contributed by atoms with Crippen molar-refractivity contribution in [2.24, 2.45) is 5.92 Å². The van der Waals surface area contributed by atoms with Gasteiger partial charge in [-0.05, 0) is 38.1 Å². The number of rotatable bonds is 5. The van der Waals surface area contributed by atoms with E-state index in [1.54, 1.807) is 11.3 Å². The van der Waals surface area contributed by atoms with Crippen LogP contribution in [0.15, 0.2) is 0 Å². The molecule has 1 aliphatic heterocycles. The van der Waals surface area contributed by atoms with Crippen LogP contribution >= 0.6 is 11.3 Å². The summed E-state index contributed by atoms with van der Waals surface area (Å²) in [6.45, 7) is 2.76. The van der Waals surface area contributed by atoms with Crippen LogP contribution in [0.4, 0.5) is 0 Å². The summed E-state index contributed by atoms with van der Waals surface area (Å²) in [6, 6.07) is 0. The lowest BCUT2D eigenvalue weighted by Gasteiger charge is -2.04. The first-order valence-corrected chi connectivity index (χ1v) is 7.75. The first-order chi connectivity index (χ1) is 9.40. The molecule has 102 valence electrons. The molecule has 0 amide bonds. The van der Waals surface area contributed by atoms with Crippen molar-refractivity contribution in [3.05, 3.63) is 10.8 Å². The van der Waals surface area contributed by atoms with Crippen molar-refractivity contribution < 1.29 is 4.74 Å². The Labute approximate surface area is 115 Å². The van der Waals surface area contributed by atoms with E-state index >= 15 is 0 Å². The normalized spacial score (nSPS) is 23.5. The van der Waals surface area contributed by atoms with Crippen LogP contribution in [0, 0.1) is 5.92 Å². The molecule has 7 heteroatoms. The van der Waals surface area contributed by atoms with E-state index in [4.69, 9.17) is 4.74 Å². The Kier molecular flexibility index (Phi) is 2.97. The fourth-order valence-corrected chi connectivity index (χ4v) is 3.24. The summed E-state index contributed by atoms with van der Waals surface area (Å²) >= 11 is 1.61. The maximum absolute atomic E-state index is 5.66. The van der Waals surface area contributed by atoms with E-state index < -0.39 is 0 Å². The lowest BCUT2D eigenvalue weighted by molar-refractivity contribution is 0.103. The molecule has 1 atom stereocenters. The number of nitrogens with one attached hydrogen (secondary N) is 1. The Morgan fingerprint density at radius 1 is 1.32 bits per heavy atom. The van der Waals surface area contributed by atoms with Gasteiger partial charge in [-0.2, -0.15) is 9.61 Å². The second-order valence-electron chi connectivity index (χ2n) is 5.32. The maximum Gasteiger partial charge on any atom is 0.234 e. The predicted octanol–water partition coefficient (Wildman–Crippen LogP) is 1.54. The Balaban J connectivity index is 1.50. The van der Waals surface area contributed by atoms with E-state index in [1.165, 1.54) is 12.8 Å². The van der Waals surface area contributed by atoms with Crippen LogP contribution in [0.3, 0.4) is 0 Å². The smallest absolute Gasteiger partial charge is 0.234 e. The maximum atomic E-state index is 5.66. The summed E-state index contributed by atoms with van der Waals surface area (Å²) in [5.74, 6) is 1.75. The fourth-order valence-electron chi connectivity index (χ4n) is 2.43. The molecule has 0 radical (unpaired) electrons. The highest BCUT2D eigenvalue weighted by molar-refractivity contribution is 7.16. The SMILES string of the molecule is C1COC(c2nnc3sc(CNCC4CC4)nn23)C1. The average molecular weight is 279 g/mol. The molecule has 2 fully saturated rings. The van der Waals surface area contributed by atoms with Crippen LogP contribution in [-0.2, 0) is 11.3 Å². The summed E-state index contributed by atoms with van der Waals surface area (Å²) in [7, 11) is 0. The molecule has 0 bridgehead atoms. The average Bonchev–Trinajstić information content (AvgIpc) is 2.80. The highest BCUT2D eigenvalue weighted by Crippen LogP contribution is 2.29. The molecular formula is C12H17N5OS. The van der Waals surface area contributed by atoms with Crippen LogP contribution in [0.25, 0.3) is 4.96 Å². The third-order valence-corrected chi connectivity index (χ3v) is 4.58. The van der Waals surface area contributed by atoms with Gasteiger partial charge in [-0.1, -0.05) is 11.3 Å². The van der Waals surface area contributed by atoms with Gasteiger partial charge in [0.25, 0.3) is 0 Å². The van der Waals surface area contributed by atoms with Crippen LogP contribution in [0.5, 0.6) is 0 Å². The van der Waals surface area contributed by atoms with Crippen molar-refractivity contribution in [1.29, 1.82) is 0 Å². The molecule has 3 heterocycles. The van der Waals surface area contributed by atoms with Gasteiger partial charge in [-0.3, -0.25) is 0 Å². The zero-order valence-electron chi connectivity index (χ0n) is 10.7. The summed E-state index contributed by atoms with van der Waals surface area (Å²) in [5.41, 5.74) is 0. The molecule has 4 rings (SSSR count). The number of ether oxygens (including phenoxy) is 1. The minimum atomic E-state index is 0.0735. The van der Waals surface area contributed by atoms with E-state index in [9.17, 15) is 0 Å². The number of aromatic nitrogens is 4. The number of hydrogen-bond acceptors (Lipinski definition) is 6. The van der Waals surface area contributed by atoms with Gasteiger partial charge in [0.05, 0.1) is 0 Å². The van der Waals surface area contributed by atoms with E-state index in [2.05, 4.69) is 20.6 Å². The molecule has 1 unspecified atom stereocenters. The number of fused-ring (bicyclic) bond motifs is 1. The quantitative estimate of drug-likeness (QED) is 0.899. The molecule has 1 aliphatic carbocycles. The van der Waals surface area contributed by atoms with Crippen molar-refractivity contribution in [1.82, 2.24) is 25.1 Å². The van der Waals surface area contributed by atoms with Crippen molar-refractivity contribution in [3.63, 3.8) is 0 Å². The van der Waals surface area contributed by atoms with Crippen molar-refractivity contribution in [2.75, 3.05) is 13.2 Å². The van der Waals surface area contributed by atoms with Crippen LogP contribution in [-0.4, -0.2) is 33.0 Å². The second-order valence-corrected chi connectivity index (χ2v) is 6.36. The Morgan fingerprint density at radius 3 is 3.05 bits per heavy atom. The zero-order chi connectivity index (χ0) is 12.7. The van der Waals surface area contributed by atoms with Gasteiger partial charge in [0.2, 0.25) is 4.96 Å². The van der Waals surface area contributed by atoms with E-state index in [-0.39, 0.29) is 6.10 Å². The number of nitrogens with zero attached hydrogens (tertiary/aromatic N) is 4. The molecule has 19 heavy (non-hydrogen) atoms. The Morgan fingerprint density at radius 2 is 2.26 bits per heavy atom. The van der Waals surface area contributed by atoms with Crippen molar-refractivity contribution >= 4 is 16.3 Å². The monoisotopic (exact) mass is 279 g/mol. The van der Waals surface area contributed by atoms with Gasteiger partial charge in [0.15, 0.2) is 5.82 Å². The van der Waals surface area contributed by atoms with Crippen LogP contribution < -0.4 is 5.32 Å². The van der Waals surface area contributed by atoms with Gasteiger partial charge in [-0.15, -0.1) is 10.2 Å². The molecule has 1 saturated heterocycles. The minimum absolute atomic E-state index is 0.0735. The fraction of sp³-hybridized carbons (Fsp3) is 0.750. The standard InChI is InChI=1S/C12H17N5OS/c1-2-9(18-5-1)11-14-15-12-17(11)16-10(19-12)7-13-6-8-3-4-8/h8-9,13H,1-7H2. The third kappa shape index (κ3) is 2.37. The Bertz CT molecular complexity index is 570. The largest absolute Gasteiger partial charge is 0.370 e. The highest BCUT2D eigenvalue weighted by atomic mass is 32.1. The zero-order valence-corrected chi connectivity index (χ0v) is 11.5. The van der Waals surface area contributed by atoms with E-state index in [0.717, 1.165) is 54.2 Å². The molecule has 0 spiro atoms. The van der Waals surface area contributed by atoms with Gasteiger partial charge in [0.1, 0.15) is 11.1 Å². The lowest BCUT2D eigenvalue weighted by atomic mass is 10.2. The summed E-state index contributed by atoms with van der Waals surface area (Å²) in [5, 5.41) is 17.5. The molecule has 2 aromatic heterocycles. The summed E-state index contributed by atoms with van der Waals surface area (Å²) < 4.78 is 7.52. The Hall–Kier alpha value is -1.05. The van der Waals surface area contributed by atoms with Gasteiger partial charge < -0.3 is 10.1 Å².